The molecule has 0 radical (unpaired) electrons. The number of hydrogen-bond acceptors (Lipinski definition) is 2. The monoisotopic (exact) mass is 242 g/mol. The number of aromatic nitrogens is 1. The Morgan fingerprint density at radius 2 is 2.06 bits per heavy atom. The lowest BCUT2D eigenvalue weighted by atomic mass is 9.98. The number of nitrogens with one attached hydrogen (secondary N) is 1. The van der Waals surface area contributed by atoms with Crippen molar-refractivity contribution in [3.63, 3.8) is 0 Å². The zero-order chi connectivity index (χ0) is 13.0. The van der Waals surface area contributed by atoms with Gasteiger partial charge in [0.2, 0.25) is 0 Å². The van der Waals surface area contributed by atoms with Crippen molar-refractivity contribution in [3.8, 4) is 0 Å². The molecule has 1 aromatic carbocycles. The zero-order valence-corrected chi connectivity index (χ0v) is 11.5. The number of hydrogen-bond donors (Lipinski definition) is 1. The lowest BCUT2D eigenvalue weighted by Crippen LogP contribution is -2.25. The molecule has 0 spiro atoms. The molecule has 0 aliphatic rings. The van der Waals surface area contributed by atoms with Gasteiger partial charge in [0, 0.05) is 23.8 Å². The van der Waals surface area contributed by atoms with Crippen molar-refractivity contribution < 1.29 is 0 Å². The highest BCUT2D eigenvalue weighted by molar-refractivity contribution is 5.85. The third-order valence-corrected chi connectivity index (χ3v) is 3.27. The van der Waals surface area contributed by atoms with E-state index in [9.17, 15) is 0 Å². The van der Waals surface area contributed by atoms with Crippen LogP contribution in [0, 0.1) is 5.92 Å². The van der Waals surface area contributed by atoms with Crippen LogP contribution in [0.5, 0.6) is 0 Å². The minimum atomic E-state index is 0.429. The van der Waals surface area contributed by atoms with E-state index in [0.29, 0.717) is 12.0 Å². The maximum absolute atomic E-state index is 4.19. The molecule has 1 atom stereocenters. The number of fused-ring (bicyclic) bond motifs is 1. The number of nitrogens with zero attached hydrogens (tertiary/aromatic N) is 1. The molecule has 1 unspecified atom stereocenters. The van der Waals surface area contributed by atoms with Crippen molar-refractivity contribution in [1.29, 1.82) is 0 Å². The van der Waals surface area contributed by atoms with Gasteiger partial charge in [0.25, 0.3) is 0 Å². The van der Waals surface area contributed by atoms with E-state index in [2.05, 4.69) is 55.3 Å². The van der Waals surface area contributed by atoms with Crippen LogP contribution in [0.15, 0.2) is 36.7 Å². The van der Waals surface area contributed by atoms with Crippen LogP contribution in [0.3, 0.4) is 0 Å². The van der Waals surface area contributed by atoms with E-state index < -0.39 is 0 Å². The van der Waals surface area contributed by atoms with E-state index in [-0.39, 0.29) is 0 Å². The second kappa shape index (κ2) is 5.96. The van der Waals surface area contributed by atoms with Gasteiger partial charge >= 0.3 is 0 Å². The molecule has 1 heterocycles. The Morgan fingerprint density at radius 1 is 1.22 bits per heavy atom. The second-order valence-electron chi connectivity index (χ2n) is 5.21. The number of rotatable bonds is 5. The molecular weight excluding hydrogens is 220 g/mol. The van der Waals surface area contributed by atoms with E-state index in [1.54, 1.807) is 0 Å². The summed E-state index contributed by atoms with van der Waals surface area (Å²) in [5.74, 6) is 0.677. The minimum absolute atomic E-state index is 0.429. The van der Waals surface area contributed by atoms with Gasteiger partial charge in [0.05, 0.1) is 0 Å². The van der Waals surface area contributed by atoms with Crippen LogP contribution in [0.4, 0.5) is 0 Å². The summed E-state index contributed by atoms with van der Waals surface area (Å²) in [7, 11) is 0. The Bertz CT molecular complexity index is 500. The van der Waals surface area contributed by atoms with Gasteiger partial charge in [-0.3, -0.25) is 4.98 Å². The molecule has 2 aromatic rings. The van der Waals surface area contributed by atoms with Crippen LogP contribution in [-0.4, -0.2) is 11.5 Å². The highest BCUT2D eigenvalue weighted by Gasteiger charge is 2.12. The maximum atomic E-state index is 4.19. The zero-order valence-electron chi connectivity index (χ0n) is 11.5. The fraction of sp³-hybridized carbons (Fsp3) is 0.438. The van der Waals surface area contributed by atoms with Crippen LogP contribution in [0.2, 0.25) is 0 Å². The second-order valence-corrected chi connectivity index (χ2v) is 5.21. The van der Waals surface area contributed by atoms with Crippen LogP contribution in [0.1, 0.15) is 38.8 Å². The molecule has 1 aromatic heterocycles. The Kier molecular flexibility index (Phi) is 4.32. The average molecular weight is 242 g/mol. The molecule has 0 bridgehead atoms. The van der Waals surface area contributed by atoms with Crippen molar-refractivity contribution in [1.82, 2.24) is 10.3 Å². The molecule has 18 heavy (non-hydrogen) atoms. The molecule has 0 saturated carbocycles. The lowest BCUT2D eigenvalue weighted by Gasteiger charge is -2.20. The molecule has 0 saturated heterocycles. The van der Waals surface area contributed by atoms with Gasteiger partial charge in [-0.25, -0.2) is 0 Å². The van der Waals surface area contributed by atoms with Crippen LogP contribution in [0.25, 0.3) is 10.8 Å². The van der Waals surface area contributed by atoms with Crippen molar-refractivity contribution in [2.24, 2.45) is 5.92 Å². The highest BCUT2D eigenvalue weighted by Crippen LogP contribution is 2.25. The molecule has 0 aliphatic carbocycles. The Labute approximate surface area is 109 Å². The third kappa shape index (κ3) is 2.88. The fourth-order valence-electron chi connectivity index (χ4n) is 2.30. The van der Waals surface area contributed by atoms with Crippen LogP contribution < -0.4 is 5.32 Å². The summed E-state index contributed by atoms with van der Waals surface area (Å²) in [6.45, 7) is 7.78. The summed E-state index contributed by atoms with van der Waals surface area (Å²) >= 11 is 0. The summed E-state index contributed by atoms with van der Waals surface area (Å²) in [5.41, 5.74) is 1.39. The first kappa shape index (κ1) is 13.0. The first-order valence-corrected chi connectivity index (χ1v) is 6.78. The van der Waals surface area contributed by atoms with Crippen molar-refractivity contribution in [3.05, 3.63) is 42.2 Å². The van der Waals surface area contributed by atoms with E-state index in [1.807, 2.05) is 12.4 Å². The van der Waals surface area contributed by atoms with Crippen LogP contribution >= 0.6 is 0 Å². The molecule has 0 fully saturated rings. The predicted molar refractivity (Wildman–Crippen MR) is 77.6 cm³/mol. The first-order valence-electron chi connectivity index (χ1n) is 6.78. The van der Waals surface area contributed by atoms with Crippen molar-refractivity contribution in [2.75, 3.05) is 6.54 Å². The Morgan fingerprint density at radius 3 is 2.78 bits per heavy atom. The summed E-state index contributed by atoms with van der Waals surface area (Å²) in [6, 6.07) is 9.02. The molecule has 0 amide bonds. The van der Waals surface area contributed by atoms with E-state index in [4.69, 9.17) is 0 Å². The Hall–Kier alpha value is -1.41. The normalized spacial score (nSPS) is 13.1. The van der Waals surface area contributed by atoms with E-state index in [0.717, 1.165) is 13.0 Å². The predicted octanol–water partition coefficient (Wildman–Crippen LogP) is 3.93. The van der Waals surface area contributed by atoms with E-state index >= 15 is 0 Å². The molecule has 1 N–H and O–H groups in total. The molecule has 2 nitrogen and oxygen atoms in total. The van der Waals surface area contributed by atoms with Gasteiger partial charge in [0.15, 0.2) is 0 Å². The topological polar surface area (TPSA) is 24.9 Å². The third-order valence-electron chi connectivity index (χ3n) is 3.27. The quantitative estimate of drug-likeness (QED) is 0.859. The summed E-state index contributed by atoms with van der Waals surface area (Å²) in [4.78, 5) is 4.19. The van der Waals surface area contributed by atoms with Crippen LogP contribution in [-0.2, 0) is 0 Å². The summed E-state index contributed by atoms with van der Waals surface area (Å²) in [6.07, 6.45) is 4.92. The summed E-state index contributed by atoms with van der Waals surface area (Å²) < 4.78 is 0. The van der Waals surface area contributed by atoms with Gasteiger partial charge < -0.3 is 5.32 Å². The van der Waals surface area contributed by atoms with Crippen molar-refractivity contribution in [2.45, 2.75) is 33.2 Å². The van der Waals surface area contributed by atoms with Crippen molar-refractivity contribution >= 4 is 10.8 Å². The van der Waals surface area contributed by atoms with Gasteiger partial charge in [-0.1, -0.05) is 39.0 Å². The molecule has 96 valence electrons. The van der Waals surface area contributed by atoms with E-state index in [1.165, 1.54) is 16.3 Å². The lowest BCUT2D eigenvalue weighted by molar-refractivity contribution is 0.466. The maximum Gasteiger partial charge on any atom is 0.0346 e. The van der Waals surface area contributed by atoms with Gasteiger partial charge in [-0.15, -0.1) is 0 Å². The fourth-order valence-corrected chi connectivity index (χ4v) is 2.30. The van der Waals surface area contributed by atoms with Gasteiger partial charge in [-0.05, 0) is 35.9 Å². The number of benzene rings is 1. The smallest absolute Gasteiger partial charge is 0.0346 e. The number of pyridine rings is 1. The molecule has 0 aliphatic heterocycles. The van der Waals surface area contributed by atoms with Gasteiger partial charge in [0.1, 0.15) is 0 Å². The standard InChI is InChI=1S/C16H22N2/c1-4-16(18-10-12(2)3)15-7-5-6-13-11-17-9-8-14(13)15/h5-9,11-12,16,18H,4,10H2,1-3H3. The molecule has 2 heteroatoms. The Balaban J connectivity index is 2.32. The summed E-state index contributed by atoms with van der Waals surface area (Å²) in [5, 5.41) is 6.19. The SMILES string of the molecule is CCC(NCC(C)C)c1cccc2cnccc12. The van der Waals surface area contributed by atoms with Gasteiger partial charge in [-0.2, -0.15) is 0 Å². The highest BCUT2D eigenvalue weighted by atomic mass is 14.9. The first-order chi connectivity index (χ1) is 8.72. The molecular formula is C16H22N2. The molecule has 2 rings (SSSR count). The largest absolute Gasteiger partial charge is 0.310 e. The average Bonchev–Trinajstić information content (AvgIpc) is 2.39. The minimum Gasteiger partial charge on any atom is -0.310 e.